The highest BCUT2D eigenvalue weighted by Gasteiger charge is 2.16. The summed E-state index contributed by atoms with van der Waals surface area (Å²) in [5.41, 5.74) is -0.0747. The smallest absolute Gasteiger partial charge is 0.291 e. The van der Waals surface area contributed by atoms with E-state index in [2.05, 4.69) is 21.2 Å². The maximum Gasteiger partial charge on any atom is 0.291 e. The molecule has 0 spiro atoms. The molecule has 1 aromatic heterocycles. The van der Waals surface area contributed by atoms with Gasteiger partial charge >= 0.3 is 0 Å². The van der Waals surface area contributed by atoms with E-state index in [4.69, 9.17) is 25.5 Å². The first-order valence-corrected chi connectivity index (χ1v) is 11.0. The molecule has 3 aromatic carbocycles. The average Bonchev–Trinajstić information content (AvgIpc) is 3.29. The number of nitro groups is 1. The van der Waals surface area contributed by atoms with Gasteiger partial charge in [-0.3, -0.25) is 14.9 Å². The van der Waals surface area contributed by atoms with Crippen LogP contribution in [0.15, 0.2) is 87.8 Å². The molecule has 0 fully saturated rings. The number of ether oxygens (including phenoxy) is 2. The van der Waals surface area contributed by atoms with Gasteiger partial charge in [0, 0.05) is 17.2 Å². The molecule has 4 aromatic rings. The van der Waals surface area contributed by atoms with Crippen LogP contribution in [0.2, 0.25) is 5.02 Å². The number of nitro benzene ring substituents is 1. The highest BCUT2D eigenvalue weighted by Crippen LogP contribution is 2.31. The van der Waals surface area contributed by atoms with Crippen LogP contribution in [0.25, 0.3) is 0 Å². The van der Waals surface area contributed by atoms with Crippen LogP contribution in [0, 0.1) is 10.1 Å². The second-order valence-electron chi connectivity index (χ2n) is 6.97. The number of furan rings is 1. The molecule has 10 heteroatoms. The molecule has 0 aliphatic carbocycles. The van der Waals surface area contributed by atoms with Crippen molar-refractivity contribution >= 4 is 44.8 Å². The van der Waals surface area contributed by atoms with Crippen molar-refractivity contribution in [2.24, 2.45) is 0 Å². The van der Waals surface area contributed by atoms with Gasteiger partial charge in [0.2, 0.25) is 0 Å². The lowest BCUT2D eigenvalue weighted by Crippen LogP contribution is -2.11. The van der Waals surface area contributed by atoms with Crippen molar-refractivity contribution in [3.05, 3.63) is 110 Å². The van der Waals surface area contributed by atoms with Gasteiger partial charge < -0.3 is 19.2 Å². The Morgan fingerprint density at radius 3 is 2.53 bits per heavy atom. The van der Waals surface area contributed by atoms with E-state index in [1.807, 2.05) is 18.2 Å². The third-order valence-electron chi connectivity index (χ3n) is 4.50. The van der Waals surface area contributed by atoms with Crippen molar-refractivity contribution in [3.63, 3.8) is 0 Å². The number of hydrogen-bond donors (Lipinski definition) is 1. The molecule has 1 N–H and O–H groups in total. The summed E-state index contributed by atoms with van der Waals surface area (Å²) >= 11 is 9.27. The van der Waals surface area contributed by atoms with Crippen LogP contribution in [0.3, 0.4) is 0 Å². The molecule has 1 amide bonds. The number of para-hydroxylation sites is 1. The molecule has 4 rings (SSSR count). The SMILES string of the molecule is O=C(Nc1cc(Oc2ccc(Cl)cc2)cc([N+](=O)[O-])c1)c1ccc(COc2ccccc2Br)o1. The minimum absolute atomic E-state index is 0.0254. The second-order valence-corrected chi connectivity index (χ2v) is 8.26. The molecule has 34 heavy (non-hydrogen) atoms. The summed E-state index contributed by atoms with van der Waals surface area (Å²) in [6, 6.07) is 20.9. The molecule has 0 atom stereocenters. The number of carbonyl (C=O) groups is 1. The van der Waals surface area contributed by atoms with Crippen molar-refractivity contribution in [1.82, 2.24) is 0 Å². The van der Waals surface area contributed by atoms with E-state index in [1.165, 1.54) is 24.3 Å². The summed E-state index contributed by atoms with van der Waals surface area (Å²) in [6.45, 7) is 0.117. The van der Waals surface area contributed by atoms with Crippen LogP contribution >= 0.6 is 27.5 Å². The average molecular weight is 544 g/mol. The molecular formula is C24H16BrClN2O6. The first-order chi connectivity index (χ1) is 16.4. The summed E-state index contributed by atoms with van der Waals surface area (Å²) in [6.07, 6.45) is 0. The summed E-state index contributed by atoms with van der Waals surface area (Å²) in [5, 5.41) is 14.5. The lowest BCUT2D eigenvalue weighted by atomic mass is 10.2. The van der Waals surface area contributed by atoms with Gasteiger partial charge in [-0.25, -0.2) is 0 Å². The van der Waals surface area contributed by atoms with E-state index in [9.17, 15) is 14.9 Å². The third kappa shape index (κ3) is 5.94. The van der Waals surface area contributed by atoms with Gasteiger partial charge in [-0.05, 0) is 64.5 Å². The van der Waals surface area contributed by atoms with Crippen LogP contribution in [0.1, 0.15) is 16.3 Å². The maximum atomic E-state index is 12.7. The number of anilines is 1. The number of carbonyl (C=O) groups excluding carboxylic acids is 1. The Hall–Kier alpha value is -3.82. The van der Waals surface area contributed by atoms with Crippen LogP contribution in [0.5, 0.6) is 17.2 Å². The topological polar surface area (TPSA) is 104 Å². The largest absolute Gasteiger partial charge is 0.484 e. The highest BCUT2D eigenvalue weighted by molar-refractivity contribution is 9.10. The minimum Gasteiger partial charge on any atom is -0.484 e. The van der Waals surface area contributed by atoms with Crippen LogP contribution < -0.4 is 14.8 Å². The van der Waals surface area contributed by atoms with E-state index in [0.29, 0.717) is 22.3 Å². The van der Waals surface area contributed by atoms with Gasteiger partial charge in [0.15, 0.2) is 5.76 Å². The molecule has 0 saturated heterocycles. The molecule has 1 heterocycles. The quantitative estimate of drug-likeness (QED) is 0.186. The monoisotopic (exact) mass is 542 g/mol. The zero-order chi connectivity index (χ0) is 24.1. The molecule has 0 radical (unpaired) electrons. The van der Waals surface area contributed by atoms with Crippen LogP contribution in [0.4, 0.5) is 11.4 Å². The standard InChI is InChI=1S/C24H16BrClN2O6/c25-21-3-1-2-4-22(21)32-14-19-9-10-23(34-19)24(29)27-16-11-17(28(30)31)13-20(12-16)33-18-7-5-15(26)6-8-18/h1-13H,14H2,(H,27,29). The third-order valence-corrected chi connectivity index (χ3v) is 5.41. The summed E-state index contributed by atoms with van der Waals surface area (Å²) in [5.74, 6) is 1.13. The molecule has 0 aliphatic rings. The Bertz CT molecular complexity index is 1340. The lowest BCUT2D eigenvalue weighted by Gasteiger charge is -2.09. The van der Waals surface area contributed by atoms with E-state index in [1.54, 1.807) is 36.4 Å². The summed E-state index contributed by atoms with van der Waals surface area (Å²) in [4.78, 5) is 23.4. The van der Waals surface area contributed by atoms with Crippen molar-refractivity contribution in [3.8, 4) is 17.2 Å². The molecular weight excluding hydrogens is 528 g/mol. The molecule has 8 nitrogen and oxygen atoms in total. The summed E-state index contributed by atoms with van der Waals surface area (Å²) in [7, 11) is 0. The Labute approximate surface area is 207 Å². The number of halogens is 2. The Morgan fingerprint density at radius 1 is 1.03 bits per heavy atom. The fourth-order valence-corrected chi connectivity index (χ4v) is 3.46. The predicted molar refractivity (Wildman–Crippen MR) is 130 cm³/mol. The van der Waals surface area contributed by atoms with Crippen molar-refractivity contribution in [2.45, 2.75) is 6.61 Å². The molecule has 0 aliphatic heterocycles. The Balaban J connectivity index is 1.46. The fourth-order valence-electron chi connectivity index (χ4n) is 2.94. The van der Waals surface area contributed by atoms with Gasteiger partial charge in [-0.1, -0.05) is 23.7 Å². The predicted octanol–water partition coefficient (Wildman–Crippen LogP) is 7.23. The maximum absolute atomic E-state index is 12.7. The first kappa shape index (κ1) is 23.3. The van der Waals surface area contributed by atoms with Gasteiger partial charge in [0.25, 0.3) is 11.6 Å². The Morgan fingerprint density at radius 2 is 1.79 bits per heavy atom. The van der Waals surface area contributed by atoms with Gasteiger partial charge in [0.05, 0.1) is 21.1 Å². The zero-order valence-corrected chi connectivity index (χ0v) is 19.7. The van der Waals surface area contributed by atoms with Crippen LogP contribution in [-0.4, -0.2) is 10.8 Å². The van der Waals surface area contributed by atoms with Gasteiger partial charge in [-0.2, -0.15) is 0 Å². The first-order valence-electron chi connectivity index (χ1n) is 9.88. The molecule has 0 unspecified atom stereocenters. The van der Waals surface area contributed by atoms with Crippen molar-refractivity contribution in [1.29, 1.82) is 0 Å². The summed E-state index contributed by atoms with van der Waals surface area (Å²) < 4.78 is 17.7. The minimum atomic E-state index is -0.579. The number of benzene rings is 3. The van der Waals surface area contributed by atoms with Gasteiger partial charge in [0.1, 0.15) is 29.6 Å². The molecule has 0 saturated carbocycles. The number of nitrogens with one attached hydrogen (secondary N) is 1. The van der Waals surface area contributed by atoms with E-state index >= 15 is 0 Å². The van der Waals surface area contributed by atoms with Crippen molar-refractivity contribution < 1.29 is 23.6 Å². The van der Waals surface area contributed by atoms with E-state index < -0.39 is 10.8 Å². The number of nitrogens with zero attached hydrogens (tertiary/aromatic N) is 1. The number of hydrogen-bond acceptors (Lipinski definition) is 6. The number of non-ortho nitro benzene ring substituents is 1. The van der Waals surface area contributed by atoms with Gasteiger partial charge in [-0.15, -0.1) is 0 Å². The van der Waals surface area contributed by atoms with Crippen LogP contribution in [-0.2, 0) is 6.61 Å². The fraction of sp³-hybridized carbons (Fsp3) is 0.0417. The molecule has 0 bridgehead atoms. The Kier molecular flexibility index (Phi) is 7.15. The van der Waals surface area contributed by atoms with E-state index in [-0.39, 0.29) is 29.5 Å². The van der Waals surface area contributed by atoms with E-state index in [0.717, 1.165) is 4.47 Å². The second kappa shape index (κ2) is 10.4. The lowest BCUT2D eigenvalue weighted by molar-refractivity contribution is -0.384. The number of rotatable bonds is 8. The van der Waals surface area contributed by atoms with Crippen molar-refractivity contribution in [2.75, 3.05) is 5.32 Å². The normalized spacial score (nSPS) is 10.5. The highest BCUT2D eigenvalue weighted by atomic mass is 79.9. The molecule has 172 valence electrons. The zero-order valence-electron chi connectivity index (χ0n) is 17.4. The number of amides is 1.